The SMILES string of the molecule is O=S(=O)(Oc1ccc(-c2csnn2)cc1)c1cc(C(F)(F)F)cc(C(F)(F)F)c1. The molecule has 0 aliphatic carbocycles. The van der Waals surface area contributed by atoms with E-state index in [9.17, 15) is 34.8 Å². The highest BCUT2D eigenvalue weighted by molar-refractivity contribution is 7.87. The lowest BCUT2D eigenvalue weighted by Gasteiger charge is -2.14. The monoisotopic (exact) mass is 454 g/mol. The highest BCUT2D eigenvalue weighted by Gasteiger charge is 2.38. The predicted molar refractivity (Wildman–Crippen MR) is 89.6 cm³/mol. The molecule has 0 amide bonds. The standard InChI is InChI=1S/C16H8F6N2O3S2/c17-15(18,19)10-5-11(16(20,21)22)7-13(6-10)29(25,26)27-12-3-1-9(2-4-12)14-8-28-24-23-14/h1-8H. The minimum atomic E-state index is -5.19. The van der Waals surface area contributed by atoms with Crippen LogP contribution in [0.15, 0.2) is 52.7 Å². The van der Waals surface area contributed by atoms with Crippen molar-refractivity contribution in [1.29, 1.82) is 0 Å². The lowest BCUT2D eigenvalue weighted by atomic mass is 10.1. The van der Waals surface area contributed by atoms with Gasteiger partial charge >= 0.3 is 22.5 Å². The molecule has 0 saturated carbocycles. The first kappa shape index (κ1) is 21.0. The Balaban J connectivity index is 1.96. The Morgan fingerprint density at radius 3 is 1.86 bits per heavy atom. The first-order valence-electron chi connectivity index (χ1n) is 7.48. The molecule has 29 heavy (non-hydrogen) atoms. The van der Waals surface area contributed by atoms with Gasteiger partial charge in [0.2, 0.25) is 0 Å². The number of alkyl halides is 6. The summed E-state index contributed by atoms with van der Waals surface area (Å²) in [6, 6.07) is 5.19. The maximum atomic E-state index is 12.9. The van der Waals surface area contributed by atoms with Crippen LogP contribution in [0.4, 0.5) is 26.3 Å². The highest BCUT2D eigenvalue weighted by Crippen LogP contribution is 2.37. The molecule has 0 spiro atoms. The van der Waals surface area contributed by atoms with Gasteiger partial charge in [0.1, 0.15) is 16.3 Å². The Morgan fingerprint density at radius 1 is 0.862 bits per heavy atom. The van der Waals surface area contributed by atoms with E-state index in [4.69, 9.17) is 4.18 Å². The van der Waals surface area contributed by atoms with E-state index in [1.807, 2.05) is 0 Å². The van der Waals surface area contributed by atoms with Crippen LogP contribution < -0.4 is 4.18 Å². The molecule has 3 rings (SSSR count). The molecule has 0 atom stereocenters. The molecule has 0 aliphatic rings. The summed E-state index contributed by atoms with van der Waals surface area (Å²) in [5, 5.41) is 5.42. The fourth-order valence-corrected chi connectivity index (χ4v) is 3.69. The Morgan fingerprint density at radius 2 is 1.41 bits per heavy atom. The molecule has 2 aromatic carbocycles. The van der Waals surface area contributed by atoms with E-state index in [0.29, 0.717) is 11.3 Å². The molecule has 3 aromatic rings. The zero-order chi connectivity index (χ0) is 21.4. The normalized spacial score (nSPS) is 12.8. The second-order valence-corrected chi connectivity index (χ2v) is 7.75. The molecule has 13 heteroatoms. The number of hydrogen-bond acceptors (Lipinski definition) is 6. The van der Waals surface area contributed by atoms with E-state index >= 15 is 0 Å². The summed E-state index contributed by atoms with van der Waals surface area (Å²) in [5.41, 5.74) is -2.47. The van der Waals surface area contributed by atoms with Crippen LogP contribution in [-0.2, 0) is 22.5 Å². The molecule has 0 saturated heterocycles. The van der Waals surface area contributed by atoms with Gasteiger partial charge in [0.15, 0.2) is 0 Å². The average molecular weight is 454 g/mol. The van der Waals surface area contributed by atoms with Crippen molar-refractivity contribution < 1.29 is 38.9 Å². The highest BCUT2D eigenvalue weighted by atomic mass is 32.2. The van der Waals surface area contributed by atoms with Gasteiger partial charge in [0.25, 0.3) is 0 Å². The Hall–Kier alpha value is -2.67. The van der Waals surface area contributed by atoms with Crippen LogP contribution in [-0.4, -0.2) is 18.0 Å². The van der Waals surface area contributed by atoms with E-state index < -0.39 is 38.5 Å². The molecule has 1 heterocycles. The maximum Gasteiger partial charge on any atom is 0.416 e. The van der Waals surface area contributed by atoms with Crippen LogP contribution in [0.5, 0.6) is 5.75 Å². The van der Waals surface area contributed by atoms with Gasteiger partial charge in [-0.1, -0.05) is 4.49 Å². The van der Waals surface area contributed by atoms with Crippen molar-refractivity contribution in [3.8, 4) is 17.0 Å². The van der Waals surface area contributed by atoms with E-state index in [-0.39, 0.29) is 23.9 Å². The van der Waals surface area contributed by atoms with Crippen molar-refractivity contribution in [2.75, 3.05) is 0 Å². The van der Waals surface area contributed by atoms with Crippen molar-refractivity contribution in [3.63, 3.8) is 0 Å². The fourth-order valence-electron chi connectivity index (χ4n) is 2.22. The zero-order valence-electron chi connectivity index (χ0n) is 13.8. The van der Waals surface area contributed by atoms with Gasteiger partial charge in [-0.25, -0.2) is 0 Å². The molecular formula is C16H8F6N2O3S2. The van der Waals surface area contributed by atoms with Gasteiger partial charge < -0.3 is 4.18 Å². The number of hydrogen-bond donors (Lipinski definition) is 0. The van der Waals surface area contributed by atoms with Crippen LogP contribution in [0.1, 0.15) is 11.1 Å². The number of rotatable bonds is 4. The summed E-state index contributed by atoms with van der Waals surface area (Å²) in [4.78, 5) is -1.27. The summed E-state index contributed by atoms with van der Waals surface area (Å²) in [6.45, 7) is 0. The minimum Gasteiger partial charge on any atom is -0.379 e. The van der Waals surface area contributed by atoms with Gasteiger partial charge in [0.05, 0.1) is 11.1 Å². The summed E-state index contributed by atoms with van der Waals surface area (Å²) in [5.74, 6) is -0.303. The smallest absolute Gasteiger partial charge is 0.379 e. The van der Waals surface area contributed by atoms with Crippen molar-refractivity contribution in [3.05, 3.63) is 59.0 Å². The van der Waals surface area contributed by atoms with E-state index in [1.54, 1.807) is 5.38 Å². The summed E-state index contributed by atoms with van der Waals surface area (Å²) >= 11 is 1.08. The lowest BCUT2D eigenvalue weighted by Crippen LogP contribution is -2.16. The molecule has 0 radical (unpaired) electrons. The number of nitrogens with zero attached hydrogens (tertiary/aromatic N) is 2. The third-order valence-electron chi connectivity index (χ3n) is 3.57. The van der Waals surface area contributed by atoms with E-state index in [1.165, 1.54) is 24.3 Å². The topological polar surface area (TPSA) is 69.2 Å². The average Bonchev–Trinajstić information content (AvgIpc) is 3.15. The quantitative estimate of drug-likeness (QED) is 0.410. The summed E-state index contributed by atoms with van der Waals surface area (Å²) in [6.07, 6.45) is -10.4. The second-order valence-electron chi connectivity index (χ2n) is 5.59. The van der Waals surface area contributed by atoms with Crippen molar-refractivity contribution in [2.45, 2.75) is 17.2 Å². The Kier molecular flexibility index (Phi) is 5.30. The van der Waals surface area contributed by atoms with Crippen molar-refractivity contribution >= 4 is 21.7 Å². The van der Waals surface area contributed by atoms with Gasteiger partial charge in [-0.05, 0) is 54.0 Å². The van der Waals surface area contributed by atoms with Crippen LogP contribution in [0.3, 0.4) is 0 Å². The Labute approximate surface area is 163 Å². The number of halogens is 6. The van der Waals surface area contributed by atoms with Gasteiger partial charge in [0, 0.05) is 10.9 Å². The Bertz CT molecular complexity index is 1080. The maximum absolute atomic E-state index is 12.9. The van der Waals surface area contributed by atoms with Crippen molar-refractivity contribution in [1.82, 2.24) is 9.59 Å². The van der Waals surface area contributed by atoms with Crippen LogP contribution >= 0.6 is 11.5 Å². The zero-order valence-corrected chi connectivity index (χ0v) is 15.5. The van der Waals surface area contributed by atoms with Crippen LogP contribution in [0, 0.1) is 0 Å². The molecule has 154 valence electrons. The lowest BCUT2D eigenvalue weighted by molar-refractivity contribution is -0.143. The number of aromatic nitrogens is 2. The van der Waals surface area contributed by atoms with Gasteiger partial charge in [-0.2, -0.15) is 34.8 Å². The first-order valence-corrected chi connectivity index (χ1v) is 9.72. The third kappa shape index (κ3) is 4.85. The summed E-state index contributed by atoms with van der Waals surface area (Å²) in [7, 11) is -4.97. The first-order chi connectivity index (χ1) is 13.4. The van der Waals surface area contributed by atoms with Gasteiger partial charge in [-0.15, -0.1) is 5.10 Å². The van der Waals surface area contributed by atoms with Gasteiger partial charge in [-0.3, -0.25) is 0 Å². The second kappa shape index (κ2) is 7.30. The van der Waals surface area contributed by atoms with E-state index in [0.717, 1.165) is 11.5 Å². The van der Waals surface area contributed by atoms with Crippen molar-refractivity contribution in [2.24, 2.45) is 0 Å². The molecule has 0 N–H and O–H groups in total. The van der Waals surface area contributed by atoms with Crippen LogP contribution in [0.25, 0.3) is 11.3 Å². The number of benzene rings is 2. The molecule has 1 aromatic heterocycles. The van der Waals surface area contributed by atoms with E-state index in [2.05, 4.69) is 9.59 Å². The fraction of sp³-hybridized carbons (Fsp3) is 0.125. The molecule has 0 aliphatic heterocycles. The predicted octanol–water partition coefficient (Wildman–Crippen LogP) is 5.01. The molecule has 0 unspecified atom stereocenters. The third-order valence-corrected chi connectivity index (χ3v) is 5.30. The summed E-state index contributed by atoms with van der Waals surface area (Å²) < 4.78 is 110. The largest absolute Gasteiger partial charge is 0.416 e. The molecular weight excluding hydrogens is 446 g/mol. The van der Waals surface area contributed by atoms with Crippen LogP contribution in [0.2, 0.25) is 0 Å². The molecule has 5 nitrogen and oxygen atoms in total. The molecule has 0 fully saturated rings. The molecule has 0 bridgehead atoms. The minimum absolute atomic E-state index is 0.0832.